The van der Waals surface area contributed by atoms with E-state index in [1.54, 1.807) is 26.8 Å². The molecular formula is C30H26BrF3N4O6. The molecule has 3 N–H and O–H groups in total. The number of esters is 1. The third kappa shape index (κ3) is 7.43. The first kappa shape index (κ1) is 32.2. The van der Waals surface area contributed by atoms with E-state index in [9.17, 15) is 32.3 Å². The standard InChI is InChI=1S/C30H26BrF3N4O6/c1-14(39)35-17-7-8-18(22(11-17)30(32,33)34)19-13-25-21(12-24(19)36-15(2)40)26(38-44-25)27(41)37-23-9-6-16(31)10-20(23)28(42)43-29(3,4)5/h6-13H,1-5H3,(H,35,39)(H,36,40)(H,37,41). The fraction of sp³-hybridized carbons (Fsp3) is 0.233. The van der Waals surface area contributed by atoms with Crippen molar-refractivity contribution in [1.29, 1.82) is 0 Å². The predicted octanol–water partition coefficient (Wildman–Crippen LogP) is 7.40. The van der Waals surface area contributed by atoms with E-state index in [2.05, 4.69) is 37.0 Å². The number of halogens is 4. The van der Waals surface area contributed by atoms with Gasteiger partial charge < -0.3 is 25.2 Å². The molecule has 4 aromatic rings. The van der Waals surface area contributed by atoms with Crippen LogP contribution in [0.15, 0.2) is 57.5 Å². The molecule has 1 heterocycles. The van der Waals surface area contributed by atoms with Crippen molar-refractivity contribution in [3.8, 4) is 11.1 Å². The highest BCUT2D eigenvalue weighted by molar-refractivity contribution is 9.10. The molecule has 3 amide bonds. The Kier molecular flexibility index (Phi) is 8.86. The summed E-state index contributed by atoms with van der Waals surface area (Å²) in [6.45, 7) is 7.41. The lowest BCUT2D eigenvalue weighted by atomic mass is 9.95. The van der Waals surface area contributed by atoms with Crippen molar-refractivity contribution in [2.75, 3.05) is 16.0 Å². The number of benzene rings is 3. The van der Waals surface area contributed by atoms with Crippen molar-refractivity contribution < 1.29 is 41.6 Å². The Bertz CT molecular complexity index is 1810. The van der Waals surface area contributed by atoms with Crippen molar-refractivity contribution in [3.63, 3.8) is 0 Å². The van der Waals surface area contributed by atoms with E-state index in [0.29, 0.717) is 4.47 Å². The molecule has 10 nitrogen and oxygen atoms in total. The summed E-state index contributed by atoms with van der Waals surface area (Å²) in [5.41, 5.74) is -2.57. The first-order valence-electron chi connectivity index (χ1n) is 13.0. The lowest BCUT2D eigenvalue weighted by molar-refractivity contribution is -0.137. The molecule has 0 spiro atoms. The Morgan fingerprint density at radius 3 is 2.14 bits per heavy atom. The molecule has 0 aliphatic carbocycles. The number of carbonyl (C=O) groups excluding carboxylic acids is 4. The Balaban J connectivity index is 1.80. The summed E-state index contributed by atoms with van der Waals surface area (Å²) in [5.74, 6) is -2.64. The maximum Gasteiger partial charge on any atom is 0.417 e. The average Bonchev–Trinajstić information content (AvgIpc) is 3.30. The minimum absolute atomic E-state index is 0.0542. The lowest BCUT2D eigenvalue weighted by Gasteiger charge is -2.20. The van der Waals surface area contributed by atoms with E-state index < -0.39 is 41.0 Å². The number of hydrogen-bond acceptors (Lipinski definition) is 7. The van der Waals surface area contributed by atoms with Crippen LogP contribution in [0.2, 0.25) is 0 Å². The first-order valence-corrected chi connectivity index (χ1v) is 13.8. The van der Waals surface area contributed by atoms with Crippen LogP contribution in [-0.2, 0) is 20.5 Å². The molecule has 0 fully saturated rings. The number of fused-ring (bicyclic) bond motifs is 1. The van der Waals surface area contributed by atoms with E-state index in [0.717, 1.165) is 19.1 Å². The van der Waals surface area contributed by atoms with E-state index >= 15 is 0 Å². The number of nitrogens with zero attached hydrogens (tertiary/aromatic N) is 1. The Morgan fingerprint density at radius 2 is 1.52 bits per heavy atom. The topological polar surface area (TPSA) is 140 Å². The predicted molar refractivity (Wildman–Crippen MR) is 160 cm³/mol. The Hall–Kier alpha value is -4.72. The van der Waals surface area contributed by atoms with Crippen LogP contribution in [0.3, 0.4) is 0 Å². The molecule has 14 heteroatoms. The number of carbonyl (C=O) groups is 4. The molecule has 0 unspecified atom stereocenters. The van der Waals surface area contributed by atoms with Crippen LogP contribution in [0.25, 0.3) is 22.1 Å². The van der Waals surface area contributed by atoms with Crippen LogP contribution in [0.1, 0.15) is 61.0 Å². The monoisotopic (exact) mass is 674 g/mol. The number of aromatic nitrogens is 1. The number of anilines is 3. The molecule has 0 radical (unpaired) electrons. The zero-order valence-corrected chi connectivity index (χ0v) is 25.6. The number of ether oxygens (including phenoxy) is 1. The quantitative estimate of drug-likeness (QED) is 0.181. The summed E-state index contributed by atoms with van der Waals surface area (Å²) in [6, 6.07) is 10.3. The molecule has 44 heavy (non-hydrogen) atoms. The molecule has 0 saturated carbocycles. The summed E-state index contributed by atoms with van der Waals surface area (Å²) in [7, 11) is 0. The molecule has 1 aromatic heterocycles. The highest BCUT2D eigenvalue weighted by atomic mass is 79.9. The third-order valence-electron chi connectivity index (χ3n) is 5.92. The van der Waals surface area contributed by atoms with Gasteiger partial charge in [0.05, 0.1) is 22.2 Å². The number of nitrogens with one attached hydrogen (secondary N) is 3. The van der Waals surface area contributed by atoms with Gasteiger partial charge in [0.15, 0.2) is 11.3 Å². The van der Waals surface area contributed by atoms with Gasteiger partial charge in [-0.25, -0.2) is 4.79 Å². The molecule has 0 atom stereocenters. The fourth-order valence-corrected chi connectivity index (χ4v) is 4.63. The van der Waals surface area contributed by atoms with Crippen LogP contribution < -0.4 is 16.0 Å². The van der Waals surface area contributed by atoms with Crippen molar-refractivity contribution in [2.24, 2.45) is 0 Å². The summed E-state index contributed by atoms with van der Waals surface area (Å²) < 4.78 is 53.8. The van der Waals surface area contributed by atoms with Crippen molar-refractivity contribution in [3.05, 3.63) is 69.8 Å². The van der Waals surface area contributed by atoms with Gasteiger partial charge in [0.1, 0.15) is 5.60 Å². The summed E-state index contributed by atoms with van der Waals surface area (Å²) in [6.07, 6.45) is -4.84. The summed E-state index contributed by atoms with van der Waals surface area (Å²) >= 11 is 3.30. The zero-order chi connectivity index (χ0) is 32.6. The van der Waals surface area contributed by atoms with Gasteiger partial charge in [0.2, 0.25) is 11.8 Å². The SMILES string of the molecule is CC(=O)Nc1ccc(-c2cc3onc(C(=O)Nc4ccc(Br)cc4C(=O)OC(C)(C)C)c3cc2NC(C)=O)c(C(F)(F)F)c1. The number of alkyl halides is 3. The second kappa shape index (κ2) is 12.1. The van der Waals surface area contributed by atoms with Gasteiger partial charge in [-0.05, 0) is 68.8 Å². The Morgan fingerprint density at radius 1 is 0.841 bits per heavy atom. The highest BCUT2D eigenvalue weighted by Crippen LogP contribution is 2.43. The van der Waals surface area contributed by atoms with Crippen molar-refractivity contribution in [1.82, 2.24) is 5.16 Å². The molecule has 0 saturated heterocycles. The van der Waals surface area contributed by atoms with Crippen LogP contribution in [-0.4, -0.2) is 34.4 Å². The molecule has 0 aliphatic heterocycles. The third-order valence-corrected chi connectivity index (χ3v) is 6.41. The van der Waals surface area contributed by atoms with Crippen LogP contribution in [0, 0.1) is 0 Å². The second-order valence-corrected chi connectivity index (χ2v) is 11.6. The van der Waals surface area contributed by atoms with Crippen LogP contribution in [0.4, 0.5) is 30.2 Å². The number of amides is 3. The minimum Gasteiger partial charge on any atom is -0.456 e. The van der Waals surface area contributed by atoms with Crippen molar-refractivity contribution in [2.45, 2.75) is 46.4 Å². The molecule has 0 aliphatic rings. The van der Waals surface area contributed by atoms with Crippen LogP contribution >= 0.6 is 15.9 Å². The average molecular weight is 675 g/mol. The van der Waals surface area contributed by atoms with Gasteiger partial charge in [-0.2, -0.15) is 13.2 Å². The maximum absolute atomic E-state index is 14.2. The van der Waals surface area contributed by atoms with Crippen LogP contribution in [0.5, 0.6) is 0 Å². The van der Waals surface area contributed by atoms with E-state index in [1.807, 2.05) is 0 Å². The highest BCUT2D eigenvalue weighted by Gasteiger charge is 2.35. The minimum atomic E-state index is -4.84. The number of hydrogen-bond donors (Lipinski definition) is 3. The van der Waals surface area contributed by atoms with Gasteiger partial charge in [0.25, 0.3) is 5.91 Å². The van der Waals surface area contributed by atoms with E-state index in [1.165, 1.54) is 37.3 Å². The van der Waals surface area contributed by atoms with Crippen molar-refractivity contribution >= 4 is 67.7 Å². The zero-order valence-electron chi connectivity index (χ0n) is 24.0. The van der Waals surface area contributed by atoms with Gasteiger partial charge >= 0.3 is 12.1 Å². The molecule has 230 valence electrons. The number of rotatable bonds is 6. The first-order chi connectivity index (χ1) is 20.4. The Labute approximate surface area is 257 Å². The lowest BCUT2D eigenvalue weighted by Crippen LogP contribution is -2.25. The van der Waals surface area contributed by atoms with Gasteiger partial charge in [-0.15, -0.1) is 0 Å². The molecule has 4 rings (SSSR count). The normalized spacial score (nSPS) is 11.7. The van der Waals surface area contributed by atoms with Gasteiger partial charge in [-0.3, -0.25) is 14.4 Å². The van der Waals surface area contributed by atoms with Gasteiger partial charge in [0, 0.05) is 35.3 Å². The van der Waals surface area contributed by atoms with E-state index in [-0.39, 0.29) is 50.4 Å². The van der Waals surface area contributed by atoms with Gasteiger partial charge in [-0.1, -0.05) is 27.2 Å². The van der Waals surface area contributed by atoms with E-state index in [4.69, 9.17) is 9.26 Å². The fourth-order valence-electron chi connectivity index (χ4n) is 4.27. The largest absolute Gasteiger partial charge is 0.456 e. The summed E-state index contributed by atoms with van der Waals surface area (Å²) in [5, 5.41) is 11.3. The molecule has 0 bridgehead atoms. The second-order valence-electron chi connectivity index (χ2n) is 10.7. The molecular weight excluding hydrogens is 649 g/mol. The molecule has 3 aromatic carbocycles. The maximum atomic E-state index is 14.2. The summed E-state index contributed by atoms with van der Waals surface area (Å²) in [4.78, 5) is 49.7. The smallest absolute Gasteiger partial charge is 0.417 e.